The summed E-state index contributed by atoms with van der Waals surface area (Å²) < 4.78 is 5.85. The predicted octanol–water partition coefficient (Wildman–Crippen LogP) is 7.84. The normalized spacial score (nSPS) is 10.9. The molecular formula is C29H37NO. The molecule has 0 aliphatic carbocycles. The third-order valence-electron chi connectivity index (χ3n) is 5.79. The Morgan fingerprint density at radius 2 is 1.26 bits per heavy atom. The van der Waals surface area contributed by atoms with Crippen molar-refractivity contribution >= 4 is 0 Å². The molecule has 164 valence electrons. The van der Waals surface area contributed by atoms with E-state index < -0.39 is 0 Å². The van der Waals surface area contributed by atoms with Gasteiger partial charge in [-0.3, -0.25) is 4.98 Å². The number of nitrogens with zero attached hydrogens (tertiary/aromatic N) is 1. The Morgan fingerprint density at radius 3 is 1.87 bits per heavy atom. The maximum Gasteiger partial charge on any atom is 0.119 e. The SMILES string of the molecule is CCCCCCOc1ccc(CCc2ccc(-c3ccc(CCCC)cn3)cc2)cc1. The van der Waals surface area contributed by atoms with E-state index >= 15 is 0 Å². The molecule has 0 saturated heterocycles. The lowest BCUT2D eigenvalue weighted by molar-refractivity contribution is 0.305. The van der Waals surface area contributed by atoms with Crippen LogP contribution < -0.4 is 4.74 Å². The Hall–Kier alpha value is -2.61. The van der Waals surface area contributed by atoms with Crippen molar-refractivity contribution in [2.75, 3.05) is 6.61 Å². The fourth-order valence-corrected chi connectivity index (χ4v) is 3.73. The van der Waals surface area contributed by atoms with Crippen molar-refractivity contribution in [2.45, 2.75) is 71.6 Å². The fourth-order valence-electron chi connectivity index (χ4n) is 3.73. The summed E-state index contributed by atoms with van der Waals surface area (Å²) in [5.41, 5.74) is 6.28. The Bertz CT molecular complexity index is 866. The highest BCUT2D eigenvalue weighted by atomic mass is 16.5. The van der Waals surface area contributed by atoms with Crippen LogP contribution >= 0.6 is 0 Å². The minimum absolute atomic E-state index is 0.821. The molecule has 0 N–H and O–H groups in total. The van der Waals surface area contributed by atoms with Gasteiger partial charge in [0.15, 0.2) is 0 Å². The summed E-state index contributed by atoms with van der Waals surface area (Å²) in [5.74, 6) is 0.984. The number of aromatic nitrogens is 1. The number of pyridine rings is 1. The van der Waals surface area contributed by atoms with Crippen LogP contribution in [0.5, 0.6) is 5.75 Å². The molecular weight excluding hydrogens is 378 g/mol. The Balaban J connectivity index is 1.45. The highest BCUT2D eigenvalue weighted by Gasteiger charge is 2.02. The van der Waals surface area contributed by atoms with Gasteiger partial charge < -0.3 is 4.74 Å². The van der Waals surface area contributed by atoms with Gasteiger partial charge >= 0.3 is 0 Å². The number of hydrogen-bond acceptors (Lipinski definition) is 2. The van der Waals surface area contributed by atoms with E-state index in [-0.39, 0.29) is 0 Å². The van der Waals surface area contributed by atoms with E-state index in [1.165, 1.54) is 54.4 Å². The molecule has 0 aliphatic rings. The Labute approximate surface area is 188 Å². The molecule has 0 atom stereocenters. The summed E-state index contributed by atoms with van der Waals surface area (Å²) in [6.45, 7) is 5.28. The van der Waals surface area contributed by atoms with Crippen molar-refractivity contribution in [1.82, 2.24) is 4.98 Å². The average molecular weight is 416 g/mol. The van der Waals surface area contributed by atoms with E-state index in [1.54, 1.807) is 0 Å². The largest absolute Gasteiger partial charge is 0.494 e. The van der Waals surface area contributed by atoms with Crippen LogP contribution in [0.1, 0.15) is 69.1 Å². The summed E-state index contributed by atoms with van der Waals surface area (Å²) in [5, 5.41) is 0. The Kier molecular flexibility index (Phi) is 9.63. The molecule has 2 nitrogen and oxygen atoms in total. The summed E-state index contributed by atoms with van der Waals surface area (Å²) in [4.78, 5) is 4.66. The first-order valence-corrected chi connectivity index (χ1v) is 12.0. The van der Waals surface area contributed by atoms with Crippen molar-refractivity contribution in [3.8, 4) is 17.0 Å². The number of aryl methyl sites for hydroxylation is 3. The molecule has 0 saturated carbocycles. The molecule has 1 heterocycles. The first kappa shape index (κ1) is 23.1. The summed E-state index contributed by atoms with van der Waals surface area (Å²) in [6, 6.07) is 21.8. The van der Waals surface area contributed by atoms with E-state index in [0.29, 0.717) is 0 Å². The molecule has 1 aromatic heterocycles. The molecule has 3 rings (SSSR count). The monoisotopic (exact) mass is 415 g/mol. The lowest BCUT2D eigenvalue weighted by Crippen LogP contribution is -1.97. The summed E-state index contributed by atoms with van der Waals surface area (Å²) >= 11 is 0. The second-order valence-corrected chi connectivity index (χ2v) is 8.41. The van der Waals surface area contributed by atoms with Gasteiger partial charge in [-0.15, -0.1) is 0 Å². The highest BCUT2D eigenvalue weighted by molar-refractivity contribution is 5.59. The lowest BCUT2D eigenvalue weighted by atomic mass is 10.0. The minimum atomic E-state index is 0.821. The summed E-state index contributed by atoms with van der Waals surface area (Å²) in [7, 11) is 0. The molecule has 0 bridgehead atoms. The number of rotatable bonds is 13. The van der Waals surface area contributed by atoms with Crippen LogP contribution in [0.3, 0.4) is 0 Å². The van der Waals surface area contributed by atoms with Crippen LogP contribution in [0.4, 0.5) is 0 Å². The topological polar surface area (TPSA) is 22.1 Å². The van der Waals surface area contributed by atoms with Crippen molar-refractivity contribution in [1.29, 1.82) is 0 Å². The van der Waals surface area contributed by atoms with Gasteiger partial charge in [0.1, 0.15) is 5.75 Å². The minimum Gasteiger partial charge on any atom is -0.494 e. The zero-order valence-corrected chi connectivity index (χ0v) is 19.3. The van der Waals surface area contributed by atoms with Crippen molar-refractivity contribution < 1.29 is 4.74 Å². The third-order valence-corrected chi connectivity index (χ3v) is 5.79. The molecule has 0 radical (unpaired) electrons. The van der Waals surface area contributed by atoms with Crippen LogP contribution in [0.25, 0.3) is 11.3 Å². The van der Waals surface area contributed by atoms with Crippen LogP contribution in [-0.2, 0) is 19.3 Å². The van der Waals surface area contributed by atoms with Gasteiger partial charge in [-0.2, -0.15) is 0 Å². The van der Waals surface area contributed by atoms with Crippen LogP contribution in [-0.4, -0.2) is 11.6 Å². The van der Waals surface area contributed by atoms with Gasteiger partial charge in [0.25, 0.3) is 0 Å². The molecule has 2 aromatic carbocycles. The first-order valence-electron chi connectivity index (χ1n) is 12.0. The van der Waals surface area contributed by atoms with Gasteiger partial charge in [0.05, 0.1) is 12.3 Å². The number of hydrogen-bond donors (Lipinski definition) is 0. The van der Waals surface area contributed by atoms with E-state index in [0.717, 1.165) is 43.7 Å². The first-order chi connectivity index (χ1) is 15.3. The van der Waals surface area contributed by atoms with E-state index in [1.807, 2.05) is 6.20 Å². The number of unbranched alkanes of at least 4 members (excludes halogenated alkanes) is 4. The Morgan fingerprint density at radius 1 is 0.613 bits per heavy atom. The van der Waals surface area contributed by atoms with Crippen molar-refractivity contribution in [3.05, 3.63) is 83.6 Å². The lowest BCUT2D eigenvalue weighted by Gasteiger charge is -2.08. The molecule has 0 amide bonds. The molecule has 0 aliphatic heterocycles. The van der Waals surface area contributed by atoms with Crippen LogP contribution in [0, 0.1) is 0 Å². The number of benzene rings is 2. The smallest absolute Gasteiger partial charge is 0.119 e. The second kappa shape index (κ2) is 12.9. The molecule has 0 unspecified atom stereocenters. The van der Waals surface area contributed by atoms with Crippen LogP contribution in [0.2, 0.25) is 0 Å². The zero-order valence-electron chi connectivity index (χ0n) is 19.3. The van der Waals surface area contributed by atoms with E-state index in [4.69, 9.17) is 4.74 Å². The summed E-state index contributed by atoms with van der Waals surface area (Å²) in [6.07, 6.45) is 12.6. The van der Waals surface area contributed by atoms with Gasteiger partial charge in [0, 0.05) is 11.8 Å². The standard InChI is InChI=1S/C29H37NO/c1-3-5-7-8-22-31-28-19-14-25(15-20-28)11-10-24-12-17-27(18-13-24)29-21-16-26(23-30-29)9-6-4-2/h12-21,23H,3-11,22H2,1-2H3. The zero-order chi connectivity index (χ0) is 21.7. The third kappa shape index (κ3) is 7.86. The quantitative estimate of drug-likeness (QED) is 0.265. The number of ether oxygens (including phenoxy) is 1. The molecule has 2 heteroatoms. The van der Waals surface area contributed by atoms with E-state index in [9.17, 15) is 0 Å². The maximum absolute atomic E-state index is 5.85. The molecule has 3 aromatic rings. The second-order valence-electron chi connectivity index (χ2n) is 8.41. The van der Waals surface area contributed by atoms with E-state index in [2.05, 4.69) is 79.5 Å². The maximum atomic E-state index is 5.85. The fraction of sp³-hybridized carbons (Fsp3) is 0.414. The van der Waals surface area contributed by atoms with Gasteiger partial charge in [0.2, 0.25) is 0 Å². The molecule has 31 heavy (non-hydrogen) atoms. The van der Waals surface area contributed by atoms with Gasteiger partial charge in [-0.05, 0) is 67.0 Å². The molecule has 0 fully saturated rings. The van der Waals surface area contributed by atoms with Crippen LogP contribution in [0.15, 0.2) is 66.9 Å². The average Bonchev–Trinajstić information content (AvgIpc) is 2.83. The highest BCUT2D eigenvalue weighted by Crippen LogP contribution is 2.20. The van der Waals surface area contributed by atoms with Crippen molar-refractivity contribution in [3.63, 3.8) is 0 Å². The van der Waals surface area contributed by atoms with Gasteiger partial charge in [-0.25, -0.2) is 0 Å². The van der Waals surface area contributed by atoms with Crippen molar-refractivity contribution in [2.24, 2.45) is 0 Å². The predicted molar refractivity (Wildman–Crippen MR) is 132 cm³/mol. The van der Waals surface area contributed by atoms with Gasteiger partial charge in [-0.1, -0.05) is 82.0 Å². The molecule has 0 spiro atoms.